The number of hydrogen-bond donors (Lipinski definition) is 3. The molecule has 1 heterocycles. The molecule has 21 heavy (non-hydrogen) atoms. The largest absolute Gasteiger partial charge is 0.508 e. The zero-order chi connectivity index (χ0) is 15.5. The van der Waals surface area contributed by atoms with Gasteiger partial charge in [-0.05, 0) is 36.4 Å². The van der Waals surface area contributed by atoms with Gasteiger partial charge in [0.2, 0.25) is 0 Å². The highest BCUT2D eigenvalue weighted by Crippen LogP contribution is 2.26. The predicted octanol–water partition coefficient (Wildman–Crippen LogP) is 3.03. The Bertz CT molecular complexity index is 642. The molecule has 0 spiro atoms. The molecule has 1 amide bonds. The van der Waals surface area contributed by atoms with Crippen molar-refractivity contribution >= 4 is 23.1 Å². The van der Waals surface area contributed by atoms with Gasteiger partial charge in [-0.25, -0.2) is 4.98 Å². The minimum atomic E-state index is -4.98. The molecular weight excluding hydrogens is 287 g/mol. The number of nitrogens with one attached hydrogen (secondary N) is 2. The molecule has 0 fully saturated rings. The molecule has 1 aromatic carbocycles. The topological polar surface area (TPSA) is 74.2 Å². The first-order chi connectivity index (χ1) is 9.86. The Kier molecular flexibility index (Phi) is 3.97. The zero-order valence-electron chi connectivity index (χ0n) is 10.5. The normalized spacial score (nSPS) is 11.0. The van der Waals surface area contributed by atoms with Crippen molar-refractivity contribution in [2.75, 3.05) is 10.6 Å². The summed E-state index contributed by atoms with van der Waals surface area (Å²) in [6.45, 7) is 0. The molecule has 0 aliphatic carbocycles. The van der Waals surface area contributed by atoms with Crippen LogP contribution in [0, 0.1) is 0 Å². The van der Waals surface area contributed by atoms with E-state index in [-0.39, 0.29) is 17.3 Å². The predicted molar refractivity (Wildman–Crippen MR) is 70.3 cm³/mol. The number of carbonyl (C=O) groups excluding carboxylic acids is 1. The van der Waals surface area contributed by atoms with Gasteiger partial charge >= 0.3 is 12.1 Å². The van der Waals surface area contributed by atoms with Crippen LogP contribution in [-0.4, -0.2) is 22.2 Å². The van der Waals surface area contributed by atoms with Gasteiger partial charge in [0, 0.05) is 11.9 Å². The maximum absolute atomic E-state index is 12.3. The van der Waals surface area contributed by atoms with Crippen LogP contribution in [0.3, 0.4) is 0 Å². The third-order valence-electron chi connectivity index (χ3n) is 2.44. The van der Waals surface area contributed by atoms with E-state index in [0.29, 0.717) is 5.69 Å². The van der Waals surface area contributed by atoms with Crippen LogP contribution in [0.25, 0.3) is 0 Å². The third kappa shape index (κ3) is 3.85. The fraction of sp³-hybridized carbons (Fsp3) is 0.0769. The molecule has 1 aromatic heterocycles. The summed E-state index contributed by atoms with van der Waals surface area (Å²) in [4.78, 5) is 14.8. The van der Waals surface area contributed by atoms with E-state index in [1.807, 2.05) is 0 Å². The second-order valence-corrected chi connectivity index (χ2v) is 4.02. The van der Waals surface area contributed by atoms with Crippen molar-refractivity contribution in [1.29, 1.82) is 0 Å². The number of alkyl halides is 3. The smallest absolute Gasteiger partial charge is 0.471 e. The monoisotopic (exact) mass is 297 g/mol. The average molecular weight is 297 g/mol. The van der Waals surface area contributed by atoms with E-state index in [4.69, 9.17) is 5.11 Å². The van der Waals surface area contributed by atoms with E-state index >= 15 is 0 Å². The molecule has 2 rings (SSSR count). The van der Waals surface area contributed by atoms with E-state index in [9.17, 15) is 18.0 Å². The number of aromatic hydroxyl groups is 1. The Labute approximate surface area is 117 Å². The second-order valence-electron chi connectivity index (χ2n) is 4.02. The van der Waals surface area contributed by atoms with E-state index in [2.05, 4.69) is 10.3 Å². The number of phenolic OH excluding ortho intramolecular Hbond substituents is 1. The number of anilines is 3. The molecule has 0 radical (unpaired) electrons. The van der Waals surface area contributed by atoms with E-state index in [0.717, 1.165) is 0 Å². The summed E-state index contributed by atoms with van der Waals surface area (Å²) in [6.07, 6.45) is -3.61. The SMILES string of the molecule is O=C(Nc1cccnc1Nc1ccc(O)cc1)C(F)(F)F. The summed E-state index contributed by atoms with van der Waals surface area (Å²) in [5.74, 6) is -1.97. The Balaban J connectivity index is 2.21. The quantitative estimate of drug-likeness (QED) is 0.761. The molecular formula is C13H10F3N3O2. The minimum Gasteiger partial charge on any atom is -0.508 e. The molecule has 3 N–H and O–H groups in total. The number of rotatable bonds is 3. The Morgan fingerprint density at radius 3 is 2.43 bits per heavy atom. The second kappa shape index (κ2) is 5.70. The minimum absolute atomic E-state index is 0.0483. The molecule has 0 bridgehead atoms. The first-order valence-electron chi connectivity index (χ1n) is 5.75. The maximum Gasteiger partial charge on any atom is 0.471 e. The number of amides is 1. The van der Waals surface area contributed by atoms with Crippen LogP contribution in [0.2, 0.25) is 0 Å². The lowest BCUT2D eigenvalue weighted by atomic mass is 10.3. The summed E-state index contributed by atoms with van der Waals surface area (Å²) < 4.78 is 36.8. The van der Waals surface area contributed by atoms with Crippen molar-refractivity contribution in [2.45, 2.75) is 6.18 Å². The number of nitrogens with zero attached hydrogens (tertiary/aromatic N) is 1. The number of carbonyl (C=O) groups is 1. The van der Waals surface area contributed by atoms with Crippen molar-refractivity contribution in [3.8, 4) is 5.75 Å². The number of aromatic nitrogens is 1. The molecule has 5 nitrogen and oxygen atoms in total. The van der Waals surface area contributed by atoms with Crippen molar-refractivity contribution in [2.24, 2.45) is 0 Å². The zero-order valence-corrected chi connectivity index (χ0v) is 10.5. The Hall–Kier alpha value is -2.77. The Morgan fingerprint density at radius 1 is 1.14 bits per heavy atom. The lowest BCUT2D eigenvalue weighted by Crippen LogP contribution is -2.30. The Morgan fingerprint density at radius 2 is 1.81 bits per heavy atom. The van der Waals surface area contributed by atoms with E-state index in [1.165, 1.54) is 42.6 Å². The first-order valence-corrected chi connectivity index (χ1v) is 5.75. The van der Waals surface area contributed by atoms with Crippen LogP contribution in [0.1, 0.15) is 0 Å². The van der Waals surface area contributed by atoms with Gasteiger partial charge in [-0.15, -0.1) is 0 Å². The van der Waals surface area contributed by atoms with Gasteiger partial charge in [-0.2, -0.15) is 13.2 Å². The molecule has 0 saturated heterocycles. The standard InChI is InChI=1S/C13H10F3N3O2/c14-13(15,16)12(21)19-10-2-1-7-17-11(10)18-8-3-5-9(20)6-4-8/h1-7,20H,(H,17,18)(H,19,21). The van der Waals surface area contributed by atoms with E-state index < -0.39 is 12.1 Å². The van der Waals surface area contributed by atoms with Crippen LogP contribution in [0.4, 0.5) is 30.4 Å². The van der Waals surface area contributed by atoms with Crippen molar-refractivity contribution < 1.29 is 23.1 Å². The van der Waals surface area contributed by atoms with Crippen LogP contribution < -0.4 is 10.6 Å². The summed E-state index contributed by atoms with van der Waals surface area (Å²) >= 11 is 0. The van der Waals surface area contributed by atoms with Gasteiger partial charge in [-0.3, -0.25) is 4.79 Å². The first kappa shape index (κ1) is 14.6. The van der Waals surface area contributed by atoms with Crippen molar-refractivity contribution in [3.05, 3.63) is 42.6 Å². The molecule has 0 aliphatic rings. The average Bonchev–Trinajstić information content (AvgIpc) is 2.42. The summed E-state index contributed by atoms with van der Waals surface area (Å²) in [6, 6.07) is 8.52. The van der Waals surface area contributed by atoms with E-state index in [1.54, 1.807) is 5.32 Å². The van der Waals surface area contributed by atoms with Gasteiger partial charge < -0.3 is 15.7 Å². The molecule has 110 valence electrons. The van der Waals surface area contributed by atoms with Gasteiger partial charge in [0.1, 0.15) is 5.75 Å². The lowest BCUT2D eigenvalue weighted by molar-refractivity contribution is -0.167. The maximum atomic E-state index is 12.3. The third-order valence-corrected chi connectivity index (χ3v) is 2.44. The van der Waals surface area contributed by atoms with Crippen molar-refractivity contribution in [1.82, 2.24) is 4.98 Å². The highest BCUT2D eigenvalue weighted by molar-refractivity contribution is 5.97. The highest BCUT2D eigenvalue weighted by atomic mass is 19.4. The fourth-order valence-corrected chi connectivity index (χ4v) is 1.48. The fourth-order valence-electron chi connectivity index (χ4n) is 1.48. The number of halogens is 3. The highest BCUT2D eigenvalue weighted by Gasteiger charge is 2.39. The number of phenols is 1. The van der Waals surface area contributed by atoms with Gasteiger partial charge in [0.05, 0.1) is 5.69 Å². The van der Waals surface area contributed by atoms with Crippen LogP contribution in [-0.2, 0) is 4.79 Å². The van der Waals surface area contributed by atoms with Crippen LogP contribution in [0.5, 0.6) is 5.75 Å². The number of hydrogen-bond acceptors (Lipinski definition) is 4. The molecule has 0 unspecified atom stereocenters. The summed E-state index contributed by atoms with van der Waals surface area (Å²) in [5.41, 5.74) is 0.391. The number of benzene rings is 1. The molecule has 2 aromatic rings. The molecule has 0 aliphatic heterocycles. The summed E-state index contributed by atoms with van der Waals surface area (Å²) in [5, 5.41) is 13.7. The van der Waals surface area contributed by atoms with Gasteiger partial charge in [0.15, 0.2) is 5.82 Å². The van der Waals surface area contributed by atoms with Crippen molar-refractivity contribution in [3.63, 3.8) is 0 Å². The molecule has 0 atom stereocenters. The molecule has 0 saturated carbocycles. The number of pyridine rings is 1. The van der Waals surface area contributed by atoms with Gasteiger partial charge in [0.25, 0.3) is 0 Å². The van der Waals surface area contributed by atoms with Gasteiger partial charge in [-0.1, -0.05) is 0 Å². The van der Waals surface area contributed by atoms with Crippen LogP contribution in [0.15, 0.2) is 42.6 Å². The summed E-state index contributed by atoms with van der Waals surface area (Å²) in [7, 11) is 0. The molecule has 8 heteroatoms. The lowest BCUT2D eigenvalue weighted by Gasteiger charge is -2.13. The van der Waals surface area contributed by atoms with Crippen LogP contribution >= 0.6 is 0 Å².